The van der Waals surface area contributed by atoms with Gasteiger partial charge in [0.2, 0.25) is 0 Å². The number of anilines is 1. The van der Waals surface area contributed by atoms with Crippen molar-refractivity contribution in [1.82, 2.24) is 0 Å². The number of thioether (sulfide) groups is 1. The third-order valence-electron chi connectivity index (χ3n) is 4.40. The van der Waals surface area contributed by atoms with Crippen LogP contribution in [0.5, 0.6) is 5.75 Å². The predicted molar refractivity (Wildman–Crippen MR) is 119 cm³/mol. The Balaban J connectivity index is 1.97. The molecule has 1 heterocycles. The molecule has 6 heteroatoms. The molecule has 1 amide bonds. The number of aryl methyl sites for hydroxylation is 2. The summed E-state index contributed by atoms with van der Waals surface area (Å²) in [5.41, 5.74) is 4.20. The lowest BCUT2D eigenvalue weighted by molar-refractivity contribution is -0.113. The second kappa shape index (κ2) is 8.97. The summed E-state index contributed by atoms with van der Waals surface area (Å²) in [6.45, 7) is 5.87. The van der Waals surface area contributed by atoms with Gasteiger partial charge < -0.3 is 4.74 Å². The molecule has 0 saturated carbocycles. The normalized spacial score (nSPS) is 16.0. The Kier molecular flexibility index (Phi) is 6.40. The van der Waals surface area contributed by atoms with Crippen LogP contribution in [0.25, 0.3) is 6.08 Å². The molecule has 2 aromatic rings. The number of nitriles is 1. The monoisotopic (exact) mass is 405 g/mol. The van der Waals surface area contributed by atoms with Crippen LogP contribution in [0.4, 0.5) is 5.69 Å². The van der Waals surface area contributed by atoms with E-state index in [0.29, 0.717) is 16.6 Å². The van der Waals surface area contributed by atoms with Crippen LogP contribution in [-0.4, -0.2) is 23.9 Å². The fraction of sp³-hybridized carbons (Fsp3) is 0.261. The topological polar surface area (TPSA) is 65.7 Å². The minimum atomic E-state index is -0.169. The molecule has 0 aliphatic carbocycles. The van der Waals surface area contributed by atoms with Crippen molar-refractivity contribution >= 4 is 34.6 Å². The van der Waals surface area contributed by atoms with E-state index in [4.69, 9.17) is 10.00 Å². The highest BCUT2D eigenvalue weighted by Gasteiger charge is 2.32. The zero-order valence-corrected chi connectivity index (χ0v) is 17.8. The average Bonchev–Trinajstić information content (AvgIpc) is 3.01. The van der Waals surface area contributed by atoms with Crippen LogP contribution in [0.1, 0.15) is 23.6 Å². The summed E-state index contributed by atoms with van der Waals surface area (Å²) in [5, 5.41) is 9.70. The Bertz CT molecular complexity index is 999. The minimum absolute atomic E-state index is 0.131. The molecular weight excluding hydrogens is 382 g/mol. The summed E-state index contributed by atoms with van der Waals surface area (Å²) in [4.78, 5) is 19.5. The quantitative estimate of drug-likeness (QED) is 0.660. The van der Waals surface area contributed by atoms with Gasteiger partial charge in [0.25, 0.3) is 5.91 Å². The number of nitrogens with zero attached hydrogens (tertiary/aromatic N) is 3. The zero-order chi connectivity index (χ0) is 21.0. The molecule has 0 N–H and O–H groups in total. The maximum Gasteiger partial charge on any atom is 0.283 e. The van der Waals surface area contributed by atoms with E-state index in [-0.39, 0.29) is 11.8 Å². The van der Waals surface area contributed by atoms with Gasteiger partial charge in [0.15, 0.2) is 5.17 Å². The van der Waals surface area contributed by atoms with Crippen molar-refractivity contribution in [1.29, 1.82) is 5.26 Å². The third kappa shape index (κ3) is 4.87. The lowest BCUT2D eigenvalue weighted by Crippen LogP contribution is -2.30. The van der Waals surface area contributed by atoms with Gasteiger partial charge in [-0.2, -0.15) is 5.26 Å². The largest absolute Gasteiger partial charge is 0.497 e. The highest BCUT2D eigenvalue weighted by atomic mass is 32.2. The number of rotatable bonds is 5. The number of ether oxygens (including phenoxy) is 1. The van der Waals surface area contributed by atoms with Crippen molar-refractivity contribution in [2.75, 3.05) is 17.8 Å². The van der Waals surface area contributed by atoms with Crippen LogP contribution in [0.15, 0.2) is 53.2 Å². The van der Waals surface area contributed by atoms with E-state index in [9.17, 15) is 4.79 Å². The van der Waals surface area contributed by atoms with Crippen molar-refractivity contribution < 1.29 is 9.53 Å². The molecule has 0 bridgehead atoms. The number of amidine groups is 1. The van der Waals surface area contributed by atoms with Gasteiger partial charge in [-0.3, -0.25) is 9.69 Å². The van der Waals surface area contributed by atoms with Crippen molar-refractivity contribution in [3.05, 3.63) is 64.9 Å². The number of hydrogen-bond acceptors (Lipinski definition) is 5. The van der Waals surface area contributed by atoms with E-state index in [0.717, 1.165) is 28.1 Å². The van der Waals surface area contributed by atoms with Crippen molar-refractivity contribution in [2.45, 2.75) is 20.8 Å². The van der Waals surface area contributed by atoms with Gasteiger partial charge >= 0.3 is 0 Å². The molecule has 5 nitrogen and oxygen atoms in total. The van der Waals surface area contributed by atoms with Crippen LogP contribution in [0, 0.1) is 31.1 Å². The molecule has 0 aromatic heterocycles. The van der Waals surface area contributed by atoms with Crippen LogP contribution < -0.4 is 9.64 Å². The number of aliphatic imine (C=N–C) groups is 1. The Morgan fingerprint density at radius 2 is 1.86 bits per heavy atom. The summed E-state index contributed by atoms with van der Waals surface area (Å²) in [6.07, 6.45) is 1.78. The molecule has 1 atom stereocenters. The Morgan fingerprint density at radius 3 is 2.45 bits per heavy atom. The summed E-state index contributed by atoms with van der Waals surface area (Å²) < 4.78 is 5.19. The molecule has 148 valence electrons. The van der Waals surface area contributed by atoms with Gasteiger partial charge in [0.05, 0.1) is 24.8 Å². The Labute approximate surface area is 175 Å². The highest BCUT2D eigenvalue weighted by Crippen LogP contribution is 2.31. The maximum atomic E-state index is 13.2. The fourth-order valence-corrected chi connectivity index (χ4v) is 3.95. The molecule has 1 aliphatic rings. The summed E-state index contributed by atoms with van der Waals surface area (Å²) in [7, 11) is 1.62. The Morgan fingerprint density at radius 1 is 1.21 bits per heavy atom. The van der Waals surface area contributed by atoms with Crippen molar-refractivity contribution in [3.8, 4) is 11.8 Å². The molecule has 2 aromatic carbocycles. The first-order valence-electron chi connectivity index (χ1n) is 9.31. The lowest BCUT2D eigenvalue weighted by Gasteiger charge is -2.19. The van der Waals surface area contributed by atoms with E-state index < -0.39 is 0 Å². The van der Waals surface area contributed by atoms with Crippen molar-refractivity contribution in [3.63, 3.8) is 0 Å². The molecule has 0 spiro atoms. The SMILES string of the molecule is COc1ccc(/C=C2\N=C(SC[C@@H](C)C#N)N(c3cc(C)cc(C)c3)C2=O)cc1. The highest BCUT2D eigenvalue weighted by molar-refractivity contribution is 8.14. The number of carbonyl (C=O) groups excluding carboxylic acids is 1. The third-order valence-corrected chi connectivity index (χ3v) is 5.59. The van der Waals surface area contributed by atoms with Gasteiger partial charge in [0.1, 0.15) is 11.4 Å². The van der Waals surface area contributed by atoms with Gasteiger partial charge in [-0.05, 0) is 67.8 Å². The first kappa shape index (κ1) is 20.7. The second-order valence-electron chi connectivity index (χ2n) is 7.02. The van der Waals surface area contributed by atoms with Crippen molar-refractivity contribution in [2.24, 2.45) is 10.9 Å². The number of benzene rings is 2. The van der Waals surface area contributed by atoms with Gasteiger partial charge in [-0.1, -0.05) is 30.0 Å². The zero-order valence-electron chi connectivity index (χ0n) is 17.0. The molecule has 0 fully saturated rings. The summed E-state index contributed by atoms with van der Waals surface area (Å²) >= 11 is 1.43. The van der Waals surface area contributed by atoms with Crippen LogP contribution in [0.2, 0.25) is 0 Å². The first-order valence-corrected chi connectivity index (χ1v) is 10.3. The van der Waals surface area contributed by atoms with E-state index in [1.165, 1.54) is 11.8 Å². The summed E-state index contributed by atoms with van der Waals surface area (Å²) in [6, 6.07) is 15.7. The average molecular weight is 406 g/mol. The predicted octanol–water partition coefficient (Wildman–Crippen LogP) is 4.95. The number of amides is 1. The van der Waals surface area contributed by atoms with Gasteiger partial charge in [0, 0.05) is 5.75 Å². The molecule has 0 radical (unpaired) electrons. The van der Waals surface area contributed by atoms with E-state index in [1.807, 2.05) is 57.2 Å². The Hall–Kier alpha value is -3.04. The lowest BCUT2D eigenvalue weighted by atomic mass is 10.1. The standard InChI is InChI=1S/C23H23N3O2S/c1-15-9-16(2)11-19(10-15)26-22(27)21(25-23(26)29-14-17(3)13-24)12-18-5-7-20(28-4)8-6-18/h5-12,17H,14H2,1-4H3/b21-12-/t17-/m0/s1. The molecule has 1 aliphatic heterocycles. The number of methoxy groups -OCH3 is 1. The van der Waals surface area contributed by atoms with Crippen LogP contribution in [-0.2, 0) is 4.79 Å². The van der Waals surface area contributed by atoms with Crippen LogP contribution in [0.3, 0.4) is 0 Å². The molecule has 3 rings (SSSR count). The maximum absolute atomic E-state index is 13.2. The van der Waals surface area contributed by atoms with Gasteiger partial charge in [-0.15, -0.1) is 0 Å². The number of carbonyl (C=O) groups is 1. The molecule has 0 unspecified atom stereocenters. The smallest absolute Gasteiger partial charge is 0.283 e. The summed E-state index contributed by atoms with van der Waals surface area (Å²) in [5.74, 6) is 1.03. The minimum Gasteiger partial charge on any atom is -0.497 e. The van der Waals surface area contributed by atoms with E-state index in [2.05, 4.69) is 17.1 Å². The number of hydrogen-bond donors (Lipinski definition) is 0. The van der Waals surface area contributed by atoms with Crippen LogP contribution >= 0.6 is 11.8 Å². The molecule has 29 heavy (non-hydrogen) atoms. The molecule has 0 saturated heterocycles. The van der Waals surface area contributed by atoms with Gasteiger partial charge in [-0.25, -0.2) is 4.99 Å². The fourth-order valence-electron chi connectivity index (χ4n) is 3.00. The second-order valence-corrected chi connectivity index (χ2v) is 8.01. The van der Waals surface area contributed by atoms with E-state index >= 15 is 0 Å². The molecular formula is C23H23N3O2S. The van der Waals surface area contributed by atoms with E-state index in [1.54, 1.807) is 18.1 Å². The first-order chi connectivity index (χ1) is 13.9.